The first kappa shape index (κ1) is 57.5. The Kier molecular flexibility index (Phi) is 36.1. The van der Waals surface area contributed by atoms with Crippen molar-refractivity contribution in [2.24, 2.45) is 0 Å². The van der Waals surface area contributed by atoms with E-state index in [2.05, 4.69) is 98.9 Å². The summed E-state index contributed by atoms with van der Waals surface area (Å²) in [6.07, 6.45) is 39.5. The maximum absolute atomic E-state index is 12.8. The molecule has 62 heavy (non-hydrogen) atoms. The zero-order chi connectivity index (χ0) is 45.5. The number of aliphatic hydroxyl groups is 5. The van der Waals surface area contributed by atoms with Gasteiger partial charge in [-0.3, -0.25) is 13.8 Å². The number of aliphatic hydroxyl groups excluding tert-OH is 5. The number of hydrogen-bond acceptors (Lipinski definition) is 11. The summed E-state index contributed by atoms with van der Waals surface area (Å²) >= 11 is 0. The third-order valence-electron chi connectivity index (χ3n) is 10.3. The van der Waals surface area contributed by atoms with Crippen LogP contribution in [-0.4, -0.2) is 98.9 Å². The highest BCUT2D eigenvalue weighted by Crippen LogP contribution is 2.47. The summed E-state index contributed by atoms with van der Waals surface area (Å²) in [6.45, 7) is 3.96. The van der Waals surface area contributed by atoms with E-state index in [0.29, 0.717) is 19.4 Å². The van der Waals surface area contributed by atoms with Crippen molar-refractivity contribution in [2.75, 3.05) is 19.8 Å². The predicted molar refractivity (Wildman–Crippen MR) is 248 cm³/mol. The Bertz CT molecular complexity index is 1340. The van der Waals surface area contributed by atoms with E-state index in [-0.39, 0.29) is 13.0 Å². The van der Waals surface area contributed by atoms with Crippen molar-refractivity contribution in [3.8, 4) is 0 Å². The van der Waals surface area contributed by atoms with Gasteiger partial charge in [0, 0.05) is 13.0 Å². The zero-order valence-electron chi connectivity index (χ0n) is 37.9. The van der Waals surface area contributed by atoms with Crippen LogP contribution in [0.5, 0.6) is 0 Å². The molecule has 0 radical (unpaired) electrons. The van der Waals surface area contributed by atoms with E-state index in [9.17, 15) is 39.8 Å². The summed E-state index contributed by atoms with van der Waals surface area (Å²) in [4.78, 5) is 23.2. The molecule has 6 N–H and O–H groups in total. The second kappa shape index (κ2) is 38.9. The molecule has 0 aliphatic heterocycles. The average molecular weight is 895 g/mol. The van der Waals surface area contributed by atoms with Gasteiger partial charge >= 0.3 is 13.8 Å². The molecule has 1 rings (SSSR count). The molecule has 0 aromatic heterocycles. The molecule has 0 bridgehead atoms. The second-order valence-electron chi connectivity index (χ2n) is 15.9. The Hall–Kier alpha value is -2.48. The molecule has 0 amide bonds. The smallest absolute Gasteiger partial charge is 0.457 e. The maximum Gasteiger partial charge on any atom is 0.472 e. The summed E-state index contributed by atoms with van der Waals surface area (Å²) in [5, 5.41) is 50.2. The number of rotatable bonds is 38. The number of carbonyl (C=O) groups excluding carboxylic acids is 1. The van der Waals surface area contributed by atoms with Gasteiger partial charge in [0.1, 0.15) is 42.7 Å². The van der Waals surface area contributed by atoms with Crippen molar-refractivity contribution in [3.63, 3.8) is 0 Å². The summed E-state index contributed by atoms with van der Waals surface area (Å²) in [6, 6.07) is 0. The third kappa shape index (κ3) is 30.6. The van der Waals surface area contributed by atoms with Crippen LogP contribution in [0.3, 0.4) is 0 Å². The molecule has 0 aromatic rings. The molecule has 13 heteroatoms. The number of phosphoric ester groups is 1. The fourth-order valence-corrected chi connectivity index (χ4v) is 7.51. The Morgan fingerprint density at radius 2 is 0.952 bits per heavy atom. The van der Waals surface area contributed by atoms with Gasteiger partial charge in [-0.2, -0.15) is 0 Å². The molecule has 1 saturated carbocycles. The molecule has 1 aliphatic rings. The lowest BCUT2D eigenvalue weighted by Crippen LogP contribution is -2.64. The van der Waals surface area contributed by atoms with Gasteiger partial charge in [-0.25, -0.2) is 4.57 Å². The Labute approximate surface area is 373 Å². The van der Waals surface area contributed by atoms with E-state index >= 15 is 0 Å². The van der Waals surface area contributed by atoms with Gasteiger partial charge in [0.05, 0.1) is 13.2 Å². The van der Waals surface area contributed by atoms with Crippen LogP contribution >= 0.6 is 7.82 Å². The monoisotopic (exact) mass is 895 g/mol. The molecule has 12 nitrogen and oxygen atoms in total. The van der Waals surface area contributed by atoms with Gasteiger partial charge in [-0.05, 0) is 83.5 Å². The lowest BCUT2D eigenvalue weighted by Gasteiger charge is -2.41. The minimum Gasteiger partial charge on any atom is -0.457 e. The molecule has 6 unspecified atom stereocenters. The van der Waals surface area contributed by atoms with Gasteiger partial charge in [0.2, 0.25) is 0 Å². The van der Waals surface area contributed by atoms with E-state index in [4.69, 9.17) is 18.5 Å². The van der Waals surface area contributed by atoms with Gasteiger partial charge in [-0.1, -0.05) is 150 Å². The Morgan fingerprint density at radius 1 is 0.532 bits per heavy atom. The lowest BCUT2D eigenvalue weighted by atomic mass is 9.85. The lowest BCUT2D eigenvalue weighted by molar-refractivity contribution is -0.220. The zero-order valence-corrected chi connectivity index (χ0v) is 38.8. The normalized spacial score (nSPS) is 22.8. The molecular formula is C49H83O12P. The SMILES string of the molecule is CC/C=C\C/C=C\C/C=C\C/C=C\CCCOCC(COP(=O)(O)OC1C(O)C(O)C(O)C(O)C1O)OC(=O)CCCCCCCC/C=C\C/C=C\C/C=C\CCCCCCC. The number of esters is 1. The molecule has 356 valence electrons. The molecule has 0 aromatic carbocycles. The summed E-state index contributed by atoms with van der Waals surface area (Å²) in [5.74, 6) is -0.512. The molecule has 1 aliphatic carbocycles. The van der Waals surface area contributed by atoms with Crippen LogP contribution in [0.2, 0.25) is 0 Å². The fraction of sp³-hybridized carbons (Fsp3) is 0.694. The molecule has 0 saturated heterocycles. The van der Waals surface area contributed by atoms with Gasteiger partial charge in [0.25, 0.3) is 0 Å². The van der Waals surface area contributed by atoms with Crippen LogP contribution in [0, 0.1) is 0 Å². The second-order valence-corrected chi connectivity index (χ2v) is 17.3. The highest BCUT2D eigenvalue weighted by atomic mass is 31.2. The van der Waals surface area contributed by atoms with Gasteiger partial charge < -0.3 is 39.9 Å². The summed E-state index contributed by atoms with van der Waals surface area (Å²) < 4.78 is 34.1. The van der Waals surface area contributed by atoms with E-state index < -0.39 is 63.1 Å². The number of carbonyl (C=O) groups is 1. The Balaban J connectivity index is 2.43. The van der Waals surface area contributed by atoms with Crippen molar-refractivity contribution >= 4 is 13.8 Å². The Morgan fingerprint density at radius 3 is 1.45 bits per heavy atom. The molecule has 0 spiro atoms. The van der Waals surface area contributed by atoms with Gasteiger partial charge in [-0.15, -0.1) is 0 Å². The van der Waals surface area contributed by atoms with Crippen LogP contribution in [-0.2, 0) is 27.9 Å². The van der Waals surface area contributed by atoms with Crippen LogP contribution < -0.4 is 0 Å². The summed E-state index contributed by atoms with van der Waals surface area (Å²) in [5.41, 5.74) is 0. The van der Waals surface area contributed by atoms with Crippen LogP contribution in [0.4, 0.5) is 0 Å². The first-order chi connectivity index (χ1) is 30.0. The standard InChI is InChI=1S/C49H83O12P/c1-3-5-7-9-11-13-15-17-19-20-21-22-23-24-25-26-28-30-32-34-36-38-43(50)60-42(40-58-39-37-35-33-31-29-27-18-16-14-12-10-8-6-4-2)41-59-62(56,57)61-49-47(54)45(52)44(51)46(53)48(49)55/h6,8,12,14-15,17-18,20-21,23-24,27,31,33,42,44-49,51-55H,3-5,7,9-11,13,16,19,22,25-26,28-30,32,34-41H2,1-2H3,(H,56,57)/b8-6-,14-12-,17-15-,21-20-,24-23-,27-18-,33-31-. The first-order valence-electron chi connectivity index (χ1n) is 23.4. The molecule has 1 fully saturated rings. The van der Waals surface area contributed by atoms with E-state index in [0.717, 1.165) is 83.5 Å². The molecule has 6 atom stereocenters. The predicted octanol–water partition coefficient (Wildman–Crippen LogP) is 9.75. The minimum atomic E-state index is -5.04. The van der Waals surface area contributed by atoms with Gasteiger partial charge in [0.15, 0.2) is 0 Å². The summed E-state index contributed by atoms with van der Waals surface area (Å²) in [7, 11) is -5.04. The average Bonchev–Trinajstić information content (AvgIpc) is 3.26. The van der Waals surface area contributed by atoms with Crippen molar-refractivity contribution < 1.29 is 58.3 Å². The van der Waals surface area contributed by atoms with Crippen molar-refractivity contribution in [2.45, 2.75) is 198 Å². The molecule has 0 heterocycles. The maximum atomic E-state index is 12.8. The van der Waals surface area contributed by atoms with Crippen molar-refractivity contribution in [3.05, 3.63) is 85.1 Å². The fourth-order valence-electron chi connectivity index (χ4n) is 6.54. The minimum absolute atomic E-state index is 0.125. The van der Waals surface area contributed by atoms with Crippen LogP contribution in [0.25, 0.3) is 0 Å². The topological polar surface area (TPSA) is 192 Å². The molecular weight excluding hydrogens is 812 g/mol. The van der Waals surface area contributed by atoms with Crippen molar-refractivity contribution in [1.29, 1.82) is 0 Å². The van der Waals surface area contributed by atoms with Crippen LogP contribution in [0.15, 0.2) is 85.1 Å². The highest BCUT2D eigenvalue weighted by molar-refractivity contribution is 7.47. The highest BCUT2D eigenvalue weighted by Gasteiger charge is 2.51. The van der Waals surface area contributed by atoms with Crippen LogP contribution in [0.1, 0.15) is 155 Å². The van der Waals surface area contributed by atoms with E-state index in [1.807, 2.05) is 0 Å². The third-order valence-corrected chi connectivity index (χ3v) is 11.2. The number of unbranched alkanes of at least 4 members (excludes halogenated alkanes) is 12. The largest absolute Gasteiger partial charge is 0.472 e. The number of ether oxygens (including phenoxy) is 2. The number of hydrogen-bond donors (Lipinski definition) is 6. The quantitative estimate of drug-likeness (QED) is 0.0149. The number of allylic oxidation sites excluding steroid dienone is 14. The first-order valence-corrected chi connectivity index (χ1v) is 24.9. The van der Waals surface area contributed by atoms with E-state index in [1.54, 1.807) is 0 Å². The number of phosphoric acid groups is 1. The van der Waals surface area contributed by atoms with Crippen molar-refractivity contribution in [1.82, 2.24) is 0 Å². The van der Waals surface area contributed by atoms with E-state index in [1.165, 1.54) is 38.5 Å².